The molecule has 0 heterocycles. The minimum atomic E-state index is -2.36. The second-order valence-corrected chi connectivity index (χ2v) is 22.5. The first-order chi connectivity index (χ1) is 15.1. The zero-order valence-corrected chi connectivity index (χ0v) is 25.0. The van der Waals surface area contributed by atoms with Gasteiger partial charge in [0.05, 0.1) is 7.11 Å². The molecular formula is C28H50O3Sn. The summed E-state index contributed by atoms with van der Waals surface area (Å²) < 4.78 is 11.6. The van der Waals surface area contributed by atoms with E-state index < -0.39 is 24.5 Å². The van der Waals surface area contributed by atoms with Gasteiger partial charge in [0, 0.05) is 0 Å². The van der Waals surface area contributed by atoms with E-state index in [1.807, 2.05) is 26.0 Å². The number of carbonyl (C=O) groups excluding carboxylic acids is 1. The Morgan fingerprint density at radius 3 is 1.84 bits per heavy atom. The van der Waals surface area contributed by atoms with Crippen molar-refractivity contribution >= 4 is 24.3 Å². The Bertz CT molecular complexity index is 636. The van der Waals surface area contributed by atoms with Crippen LogP contribution in [0.5, 0.6) is 0 Å². The quantitative estimate of drug-likeness (QED) is 0.0914. The van der Waals surface area contributed by atoms with Crippen molar-refractivity contribution in [2.45, 2.75) is 106 Å². The van der Waals surface area contributed by atoms with Crippen LogP contribution >= 0.6 is 0 Å². The number of hydrogen-bond acceptors (Lipinski definition) is 3. The Labute approximate surface area is 203 Å². The number of esters is 1. The van der Waals surface area contributed by atoms with Crippen LogP contribution in [-0.4, -0.2) is 42.7 Å². The standard InChI is InChI=1S/C16H23O3.3C4H9.Sn/c1-7-15(17)13(4)9-11(2)8-12(3)10-14(5)16(18)19-6;3*1-3-4-2;/h1,7-10,13,15,17H,2-6H3;3*1,3-4H2,2H3;/b7-1?,11-9+,12-8+,14-10+;;;;/t13-,15-;;;;/m1..../s1. The molecule has 0 saturated heterocycles. The fourth-order valence-electron chi connectivity index (χ4n) is 4.21. The number of unbranched alkanes of at least 4 members (excludes halogenated alkanes) is 3. The van der Waals surface area contributed by atoms with Gasteiger partial charge in [0.1, 0.15) is 0 Å². The Morgan fingerprint density at radius 2 is 1.41 bits per heavy atom. The summed E-state index contributed by atoms with van der Waals surface area (Å²) in [5, 5.41) is 10.9. The van der Waals surface area contributed by atoms with E-state index >= 15 is 0 Å². The van der Waals surface area contributed by atoms with E-state index in [-0.39, 0.29) is 11.9 Å². The van der Waals surface area contributed by atoms with Crippen LogP contribution in [-0.2, 0) is 9.53 Å². The summed E-state index contributed by atoms with van der Waals surface area (Å²) >= 11 is -2.36. The molecule has 0 aliphatic carbocycles. The number of carbonyl (C=O) groups is 1. The molecule has 0 aromatic carbocycles. The van der Waals surface area contributed by atoms with Gasteiger partial charge in [0.25, 0.3) is 0 Å². The first-order valence-electron chi connectivity index (χ1n) is 12.6. The van der Waals surface area contributed by atoms with E-state index in [1.54, 1.807) is 6.92 Å². The summed E-state index contributed by atoms with van der Waals surface area (Å²) in [5.41, 5.74) is 2.67. The number of ether oxygens (including phenoxy) is 1. The second-order valence-electron chi connectivity index (χ2n) is 9.50. The van der Waals surface area contributed by atoms with Gasteiger partial charge >= 0.3 is 196 Å². The van der Waals surface area contributed by atoms with Gasteiger partial charge in [-0.2, -0.15) is 0 Å². The number of aliphatic hydroxyl groups is 1. The van der Waals surface area contributed by atoms with Crippen LogP contribution in [0.15, 0.2) is 45.1 Å². The molecule has 1 N–H and O–H groups in total. The first-order valence-corrected chi connectivity index (χ1v) is 20.4. The van der Waals surface area contributed by atoms with Crippen LogP contribution in [0, 0.1) is 5.92 Å². The molecule has 0 aliphatic heterocycles. The van der Waals surface area contributed by atoms with Crippen molar-refractivity contribution in [3.05, 3.63) is 45.1 Å². The monoisotopic (exact) mass is 554 g/mol. The molecule has 0 unspecified atom stereocenters. The Hall–Kier alpha value is -0.811. The number of allylic oxidation sites excluding steroid dienone is 4. The van der Waals surface area contributed by atoms with Crippen molar-refractivity contribution in [3.63, 3.8) is 0 Å². The van der Waals surface area contributed by atoms with Crippen molar-refractivity contribution in [3.8, 4) is 0 Å². The normalized spacial score (nSPS) is 15.8. The van der Waals surface area contributed by atoms with E-state index in [1.165, 1.54) is 58.9 Å². The van der Waals surface area contributed by atoms with E-state index in [9.17, 15) is 9.90 Å². The van der Waals surface area contributed by atoms with Gasteiger partial charge in [-0.15, -0.1) is 0 Å². The first kappa shape index (κ1) is 31.2. The minimum absolute atomic E-state index is 0.0495. The van der Waals surface area contributed by atoms with Gasteiger partial charge in [-0.3, -0.25) is 0 Å². The molecule has 0 spiro atoms. The topological polar surface area (TPSA) is 46.5 Å². The molecule has 0 saturated carbocycles. The van der Waals surface area contributed by atoms with Crippen LogP contribution < -0.4 is 0 Å². The SMILES string of the molecule is CCC[CH2][Sn](/[CH]=C/[C@@H](O)[C@H](C)/C=C(C)/C=C(C)/C=C(\C)C(=O)OC)([CH2]CCC)[CH2]CCC. The third-order valence-corrected chi connectivity index (χ3v) is 20.3. The number of aliphatic hydroxyl groups excluding tert-OH is 1. The summed E-state index contributed by atoms with van der Waals surface area (Å²) in [5.74, 6) is -0.259. The van der Waals surface area contributed by atoms with E-state index in [4.69, 9.17) is 4.74 Å². The summed E-state index contributed by atoms with van der Waals surface area (Å²) in [4.78, 5) is 11.6. The zero-order valence-electron chi connectivity index (χ0n) is 22.2. The molecule has 4 heteroatoms. The Morgan fingerprint density at radius 1 is 0.906 bits per heavy atom. The molecule has 0 aliphatic rings. The van der Waals surface area contributed by atoms with Crippen molar-refractivity contribution in [1.82, 2.24) is 0 Å². The van der Waals surface area contributed by atoms with E-state index in [2.05, 4.69) is 43.9 Å². The average Bonchev–Trinajstić information content (AvgIpc) is 2.76. The van der Waals surface area contributed by atoms with Crippen molar-refractivity contribution < 1.29 is 14.6 Å². The van der Waals surface area contributed by atoms with Gasteiger partial charge in [-0.05, 0) is 0 Å². The fourth-order valence-corrected chi connectivity index (χ4v) is 18.6. The number of methoxy groups -OCH3 is 1. The molecule has 0 bridgehead atoms. The fraction of sp³-hybridized carbons (Fsp3) is 0.679. The van der Waals surface area contributed by atoms with Crippen molar-refractivity contribution in [2.75, 3.05) is 7.11 Å². The number of hydrogen-bond donors (Lipinski definition) is 1. The van der Waals surface area contributed by atoms with Crippen LogP contribution in [0.25, 0.3) is 0 Å². The molecule has 0 radical (unpaired) electrons. The molecule has 184 valence electrons. The van der Waals surface area contributed by atoms with Crippen molar-refractivity contribution in [1.29, 1.82) is 0 Å². The van der Waals surface area contributed by atoms with Crippen LogP contribution in [0.3, 0.4) is 0 Å². The maximum atomic E-state index is 11.6. The predicted octanol–water partition coefficient (Wildman–Crippen LogP) is 7.94. The van der Waals surface area contributed by atoms with Crippen LogP contribution in [0.2, 0.25) is 13.3 Å². The van der Waals surface area contributed by atoms with Crippen molar-refractivity contribution in [2.24, 2.45) is 5.92 Å². The molecule has 0 fully saturated rings. The second kappa shape index (κ2) is 17.6. The molecule has 3 nitrogen and oxygen atoms in total. The van der Waals surface area contributed by atoms with Gasteiger partial charge < -0.3 is 0 Å². The third-order valence-electron chi connectivity index (χ3n) is 6.20. The molecular weight excluding hydrogens is 503 g/mol. The maximum absolute atomic E-state index is 11.6. The molecule has 0 aromatic rings. The van der Waals surface area contributed by atoms with Gasteiger partial charge in [0.2, 0.25) is 0 Å². The summed E-state index contributed by atoms with van der Waals surface area (Å²) in [7, 11) is 1.40. The Kier molecular flexibility index (Phi) is 17.2. The average molecular weight is 553 g/mol. The number of rotatable bonds is 16. The Balaban J connectivity index is 5.45. The molecule has 0 aromatic heterocycles. The summed E-state index contributed by atoms with van der Waals surface area (Å²) in [6, 6.07) is 0. The molecule has 2 atom stereocenters. The molecule has 0 amide bonds. The molecule has 32 heavy (non-hydrogen) atoms. The molecule has 0 rings (SSSR count). The van der Waals surface area contributed by atoms with E-state index in [0.717, 1.165) is 11.1 Å². The zero-order chi connectivity index (χ0) is 24.6. The van der Waals surface area contributed by atoms with Crippen LogP contribution in [0.1, 0.15) is 87.0 Å². The van der Waals surface area contributed by atoms with Crippen LogP contribution in [0.4, 0.5) is 0 Å². The van der Waals surface area contributed by atoms with Gasteiger partial charge in [-0.1, -0.05) is 0 Å². The van der Waals surface area contributed by atoms with E-state index in [0.29, 0.717) is 5.57 Å². The van der Waals surface area contributed by atoms with Gasteiger partial charge in [-0.25, -0.2) is 0 Å². The third kappa shape index (κ3) is 13.0. The summed E-state index contributed by atoms with van der Waals surface area (Å²) in [6.45, 7) is 14.7. The predicted molar refractivity (Wildman–Crippen MR) is 142 cm³/mol. The summed E-state index contributed by atoms with van der Waals surface area (Å²) in [6.07, 6.45) is 15.5. The van der Waals surface area contributed by atoms with Gasteiger partial charge in [0.15, 0.2) is 0 Å².